The molecule has 0 bridgehead atoms. The van der Waals surface area contributed by atoms with Gasteiger partial charge < -0.3 is 20.5 Å². The summed E-state index contributed by atoms with van der Waals surface area (Å²) in [6.07, 6.45) is 3.43. The van der Waals surface area contributed by atoms with E-state index in [9.17, 15) is 9.90 Å². The molecule has 4 N–H and O–H groups in total. The molecule has 0 radical (unpaired) electrons. The monoisotopic (exact) mass is 443 g/mol. The Balaban J connectivity index is 1.56. The van der Waals surface area contributed by atoms with Crippen LogP contribution in [0.1, 0.15) is 23.2 Å². The highest BCUT2D eigenvalue weighted by Crippen LogP contribution is 2.35. The van der Waals surface area contributed by atoms with E-state index in [2.05, 4.69) is 15.2 Å². The largest absolute Gasteiger partial charge is 0.496 e. The molecule has 0 spiro atoms. The topological polar surface area (TPSA) is 117 Å². The van der Waals surface area contributed by atoms with Crippen molar-refractivity contribution in [1.82, 2.24) is 20.1 Å². The molecule has 8 nitrogen and oxygen atoms in total. The second-order valence-corrected chi connectivity index (χ2v) is 8.17. The molecule has 1 fully saturated rings. The number of methoxy groups -OCH3 is 1. The summed E-state index contributed by atoms with van der Waals surface area (Å²) in [5.41, 5.74) is 11.0. The summed E-state index contributed by atoms with van der Waals surface area (Å²) in [5.74, 6) is 0.568. The van der Waals surface area contributed by atoms with Crippen molar-refractivity contribution in [2.24, 2.45) is 0 Å². The molecular formula is C25H25N5O3. The highest BCUT2D eigenvalue weighted by atomic mass is 16.5. The Hall–Kier alpha value is -3.91. The number of ether oxygens (including phenoxy) is 1. The number of hydrogen-bond acceptors (Lipinski definition) is 6. The first-order valence-electron chi connectivity index (χ1n) is 10.9. The predicted molar refractivity (Wildman–Crippen MR) is 127 cm³/mol. The minimum atomic E-state index is -0.159. The van der Waals surface area contributed by atoms with E-state index in [-0.39, 0.29) is 18.6 Å². The first-order valence-corrected chi connectivity index (χ1v) is 10.9. The number of aromatic amines is 1. The number of nitrogens with two attached hydrogens (primary N) is 1. The second kappa shape index (κ2) is 8.55. The van der Waals surface area contributed by atoms with Crippen LogP contribution in [0.15, 0.2) is 54.7 Å². The minimum Gasteiger partial charge on any atom is -0.496 e. The van der Waals surface area contributed by atoms with Crippen LogP contribution in [0, 0.1) is 0 Å². The molecule has 1 aliphatic heterocycles. The molecule has 8 heteroatoms. The predicted octanol–water partition coefficient (Wildman–Crippen LogP) is 3.48. The van der Waals surface area contributed by atoms with E-state index in [1.807, 2.05) is 36.4 Å². The number of aliphatic hydroxyl groups excluding tert-OH is 1. The van der Waals surface area contributed by atoms with E-state index in [4.69, 9.17) is 10.5 Å². The molecule has 2 aromatic heterocycles. The maximum atomic E-state index is 13.2. The molecule has 1 atom stereocenters. The summed E-state index contributed by atoms with van der Waals surface area (Å²) >= 11 is 0. The van der Waals surface area contributed by atoms with Crippen molar-refractivity contribution < 1.29 is 14.6 Å². The van der Waals surface area contributed by atoms with Gasteiger partial charge in [0, 0.05) is 34.9 Å². The van der Waals surface area contributed by atoms with Gasteiger partial charge in [0.15, 0.2) is 5.65 Å². The Morgan fingerprint density at radius 2 is 2.09 bits per heavy atom. The number of H-pyrrole nitrogens is 1. The van der Waals surface area contributed by atoms with Crippen LogP contribution < -0.4 is 10.5 Å². The van der Waals surface area contributed by atoms with Crippen LogP contribution in [0.4, 0.5) is 5.69 Å². The number of pyridine rings is 1. The van der Waals surface area contributed by atoms with Crippen molar-refractivity contribution in [3.8, 4) is 28.1 Å². The Labute approximate surface area is 191 Å². The average Bonchev–Trinajstić information content (AvgIpc) is 3.50. The third kappa shape index (κ3) is 3.68. The van der Waals surface area contributed by atoms with Gasteiger partial charge in [-0.1, -0.05) is 18.2 Å². The Morgan fingerprint density at radius 1 is 1.24 bits per heavy atom. The lowest BCUT2D eigenvalue weighted by Gasteiger charge is -2.24. The fourth-order valence-corrected chi connectivity index (χ4v) is 4.48. The molecule has 168 valence electrons. The van der Waals surface area contributed by atoms with Crippen LogP contribution in [0.2, 0.25) is 0 Å². The maximum absolute atomic E-state index is 13.2. The molecule has 5 rings (SSSR count). The Kier molecular flexibility index (Phi) is 5.43. The maximum Gasteiger partial charge on any atom is 0.256 e. The van der Waals surface area contributed by atoms with E-state index < -0.39 is 0 Å². The number of likely N-dealkylation sites (tertiary alicyclic amines) is 1. The van der Waals surface area contributed by atoms with E-state index in [0.29, 0.717) is 23.4 Å². The number of amides is 1. The second-order valence-electron chi connectivity index (χ2n) is 8.17. The van der Waals surface area contributed by atoms with E-state index in [1.54, 1.807) is 30.3 Å². The first-order chi connectivity index (χ1) is 16.1. The van der Waals surface area contributed by atoms with Crippen molar-refractivity contribution in [3.05, 3.63) is 60.3 Å². The van der Waals surface area contributed by atoms with Crippen molar-refractivity contribution >= 4 is 22.6 Å². The highest BCUT2D eigenvalue weighted by molar-refractivity contribution is 6.01. The van der Waals surface area contributed by atoms with Gasteiger partial charge in [-0.25, -0.2) is 4.98 Å². The van der Waals surface area contributed by atoms with Gasteiger partial charge in [0.25, 0.3) is 5.91 Å². The zero-order chi connectivity index (χ0) is 22.9. The number of para-hydroxylation sites is 1. The number of anilines is 1. The van der Waals surface area contributed by atoms with Crippen LogP contribution in [0.5, 0.6) is 5.75 Å². The summed E-state index contributed by atoms with van der Waals surface area (Å²) in [5, 5.41) is 17.9. The summed E-state index contributed by atoms with van der Waals surface area (Å²) in [6.45, 7) is 0.580. The molecular weight excluding hydrogens is 418 g/mol. The number of aromatic nitrogens is 3. The lowest BCUT2D eigenvalue weighted by molar-refractivity contribution is 0.0678. The quantitative estimate of drug-likeness (QED) is 0.407. The summed E-state index contributed by atoms with van der Waals surface area (Å²) < 4.78 is 5.51. The number of benzene rings is 2. The van der Waals surface area contributed by atoms with Crippen LogP contribution in [0.3, 0.4) is 0 Å². The number of nitrogen functional groups attached to an aromatic ring is 1. The third-order valence-corrected chi connectivity index (χ3v) is 6.24. The number of carbonyl (C=O) groups is 1. The molecule has 1 aliphatic rings. The van der Waals surface area contributed by atoms with Gasteiger partial charge in [0.1, 0.15) is 11.4 Å². The zero-order valence-corrected chi connectivity index (χ0v) is 18.3. The molecule has 3 heterocycles. The number of nitrogens with one attached hydrogen (secondary N) is 1. The van der Waals surface area contributed by atoms with Gasteiger partial charge >= 0.3 is 0 Å². The lowest BCUT2D eigenvalue weighted by Crippen LogP contribution is -2.37. The fraction of sp³-hybridized carbons (Fsp3) is 0.240. The fourth-order valence-electron chi connectivity index (χ4n) is 4.48. The van der Waals surface area contributed by atoms with E-state index >= 15 is 0 Å². The number of aliphatic hydroxyl groups is 1. The van der Waals surface area contributed by atoms with Crippen LogP contribution in [-0.4, -0.2) is 57.4 Å². The summed E-state index contributed by atoms with van der Waals surface area (Å²) in [4.78, 5) is 19.4. The standard InChI is InChI=1S/C25H25N5O3/c1-33-22-7-3-2-6-18(22)23-20-12-16(13-27-24(20)29-28-23)15-8-9-21(26)19(11-15)25(32)30-10-4-5-17(30)14-31/h2-3,6-9,11-13,17,31H,4-5,10,14,26H2,1H3,(H,27,28,29)/t17-/m0/s1. The van der Waals surface area contributed by atoms with Crippen molar-refractivity contribution in [2.75, 3.05) is 26.0 Å². The van der Waals surface area contributed by atoms with Gasteiger partial charge in [0.05, 0.1) is 25.3 Å². The molecule has 1 saturated heterocycles. The van der Waals surface area contributed by atoms with Crippen LogP contribution in [0.25, 0.3) is 33.4 Å². The normalized spacial score (nSPS) is 15.8. The molecule has 1 amide bonds. The zero-order valence-electron chi connectivity index (χ0n) is 18.3. The van der Waals surface area contributed by atoms with Crippen LogP contribution in [-0.2, 0) is 0 Å². The number of rotatable bonds is 5. The van der Waals surface area contributed by atoms with Gasteiger partial charge in [-0.3, -0.25) is 9.89 Å². The number of carbonyl (C=O) groups excluding carboxylic acids is 1. The van der Waals surface area contributed by atoms with Gasteiger partial charge in [-0.2, -0.15) is 5.10 Å². The SMILES string of the molecule is COc1ccccc1-c1n[nH]c2ncc(-c3ccc(N)c(C(=O)N4CCC[C@H]4CO)c3)cc12. The van der Waals surface area contributed by atoms with E-state index in [1.165, 1.54) is 0 Å². The van der Waals surface area contributed by atoms with E-state index in [0.717, 1.165) is 46.4 Å². The first kappa shape index (κ1) is 21.0. The van der Waals surface area contributed by atoms with Crippen molar-refractivity contribution in [1.29, 1.82) is 0 Å². The third-order valence-electron chi connectivity index (χ3n) is 6.24. The summed E-state index contributed by atoms with van der Waals surface area (Å²) in [6, 6.07) is 15.0. The minimum absolute atomic E-state index is 0.0435. The van der Waals surface area contributed by atoms with Gasteiger partial charge in [-0.15, -0.1) is 0 Å². The molecule has 33 heavy (non-hydrogen) atoms. The molecule has 0 saturated carbocycles. The number of nitrogens with zero attached hydrogens (tertiary/aromatic N) is 3. The molecule has 0 aliphatic carbocycles. The van der Waals surface area contributed by atoms with Gasteiger partial charge in [-0.05, 0) is 48.7 Å². The molecule has 0 unspecified atom stereocenters. The highest BCUT2D eigenvalue weighted by Gasteiger charge is 2.30. The smallest absolute Gasteiger partial charge is 0.256 e. The average molecular weight is 444 g/mol. The van der Waals surface area contributed by atoms with Crippen LogP contribution >= 0.6 is 0 Å². The number of hydrogen-bond donors (Lipinski definition) is 3. The van der Waals surface area contributed by atoms with Crippen molar-refractivity contribution in [2.45, 2.75) is 18.9 Å². The summed E-state index contributed by atoms with van der Waals surface area (Å²) in [7, 11) is 1.63. The Morgan fingerprint density at radius 3 is 2.91 bits per heavy atom. The lowest BCUT2D eigenvalue weighted by atomic mass is 10.0. The number of fused-ring (bicyclic) bond motifs is 1. The Bertz CT molecular complexity index is 1330. The molecule has 2 aromatic carbocycles. The van der Waals surface area contributed by atoms with Crippen molar-refractivity contribution in [3.63, 3.8) is 0 Å². The molecule has 4 aromatic rings. The van der Waals surface area contributed by atoms with Gasteiger partial charge in [0.2, 0.25) is 0 Å².